The van der Waals surface area contributed by atoms with Crippen LogP contribution in [-0.2, 0) is 4.79 Å². The molecular weight excluding hydrogens is 376 g/mol. The van der Waals surface area contributed by atoms with Gasteiger partial charge in [0.15, 0.2) is 0 Å². The van der Waals surface area contributed by atoms with E-state index in [2.05, 4.69) is 56.5 Å². The number of unbranched alkanes of at least 4 members (excludes halogenated alkanes) is 1. The second-order valence-electron chi connectivity index (χ2n) is 7.95. The Kier molecular flexibility index (Phi) is 17.0. The Morgan fingerprint density at radius 2 is 1.76 bits per heavy atom. The van der Waals surface area contributed by atoms with Crippen LogP contribution in [-0.4, -0.2) is 23.3 Å². The fourth-order valence-electron chi connectivity index (χ4n) is 3.80. The molecule has 29 heavy (non-hydrogen) atoms. The number of rotatable bonds is 13. The third-order valence-electron chi connectivity index (χ3n) is 5.43. The normalized spacial score (nSPS) is 15.7. The molecule has 0 aliphatic heterocycles. The molecule has 1 atom stereocenters. The first-order valence-corrected chi connectivity index (χ1v) is 12.5. The summed E-state index contributed by atoms with van der Waals surface area (Å²) < 4.78 is 0. The number of hydrogen-bond acceptors (Lipinski definition) is 4. The molecule has 1 saturated carbocycles. The summed E-state index contributed by atoms with van der Waals surface area (Å²) in [5, 5.41) is 6.71. The van der Waals surface area contributed by atoms with Gasteiger partial charge in [-0.15, -0.1) is 0 Å². The zero-order valence-electron chi connectivity index (χ0n) is 19.8. The molecule has 1 N–H and O–H groups in total. The van der Waals surface area contributed by atoms with Gasteiger partial charge in [-0.3, -0.25) is 0 Å². The van der Waals surface area contributed by atoms with Crippen molar-refractivity contribution in [3.8, 4) is 0 Å². The summed E-state index contributed by atoms with van der Waals surface area (Å²) in [4.78, 5) is 11.4. The smallest absolute Gasteiger partial charge is 0.116 e. The first-order chi connectivity index (χ1) is 13.9. The van der Waals surface area contributed by atoms with Crippen molar-refractivity contribution in [2.24, 2.45) is 0 Å². The van der Waals surface area contributed by atoms with Crippen LogP contribution < -0.4 is 5.32 Å². The molecule has 0 bridgehead atoms. The van der Waals surface area contributed by atoms with E-state index in [0.717, 1.165) is 23.6 Å². The van der Waals surface area contributed by atoms with Crippen LogP contribution in [0.15, 0.2) is 35.0 Å². The number of carbonyl (C=O) groups excluding carboxylic acids is 1. The molecule has 1 rings (SSSR count). The SMILES string of the molecule is C=C(NC(=C)N(C(CCC)CCCC)C1CCCCC1)S/C=C(\C)CC.CC=O. The fourth-order valence-corrected chi connectivity index (χ4v) is 4.49. The predicted molar refractivity (Wildman–Crippen MR) is 132 cm³/mol. The van der Waals surface area contributed by atoms with E-state index in [1.54, 1.807) is 11.8 Å². The van der Waals surface area contributed by atoms with E-state index < -0.39 is 0 Å². The number of hydrogen-bond donors (Lipinski definition) is 1. The summed E-state index contributed by atoms with van der Waals surface area (Å²) in [5.41, 5.74) is 1.39. The van der Waals surface area contributed by atoms with E-state index in [9.17, 15) is 0 Å². The van der Waals surface area contributed by atoms with Gasteiger partial charge in [0.05, 0.1) is 10.9 Å². The number of carbonyl (C=O) groups is 1. The van der Waals surface area contributed by atoms with Gasteiger partial charge in [-0.05, 0) is 51.4 Å². The first kappa shape index (κ1) is 27.8. The monoisotopic (exact) mass is 422 g/mol. The maximum atomic E-state index is 8.81. The van der Waals surface area contributed by atoms with Crippen LogP contribution in [0.1, 0.15) is 105 Å². The summed E-state index contributed by atoms with van der Waals surface area (Å²) in [6.45, 7) is 19.1. The zero-order chi connectivity index (χ0) is 22.1. The van der Waals surface area contributed by atoms with Gasteiger partial charge in [-0.2, -0.15) is 0 Å². The highest BCUT2D eigenvalue weighted by atomic mass is 32.2. The molecule has 0 heterocycles. The molecule has 0 spiro atoms. The summed E-state index contributed by atoms with van der Waals surface area (Å²) in [6, 6.07) is 1.25. The number of thioether (sulfide) groups is 1. The van der Waals surface area contributed by atoms with Crippen molar-refractivity contribution < 1.29 is 4.79 Å². The van der Waals surface area contributed by atoms with Crippen LogP contribution in [0.25, 0.3) is 0 Å². The van der Waals surface area contributed by atoms with Gasteiger partial charge in [-0.1, -0.05) is 89.8 Å². The molecule has 1 fully saturated rings. The minimum Gasteiger partial charge on any atom is -0.353 e. The predicted octanol–water partition coefficient (Wildman–Crippen LogP) is 7.76. The van der Waals surface area contributed by atoms with E-state index in [1.807, 2.05) is 0 Å². The van der Waals surface area contributed by atoms with Crippen molar-refractivity contribution >= 4 is 18.0 Å². The lowest BCUT2D eigenvalue weighted by molar-refractivity contribution is -0.106. The average Bonchev–Trinajstić information content (AvgIpc) is 2.71. The quantitative estimate of drug-likeness (QED) is 0.307. The van der Waals surface area contributed by atoms with Gasteiger partial charge in [0.2, 0.25) is 0 Å². The van der Waals surface area contributed by atoms with Gasteiger partial charge >= 0.3 is 0 Å². The molecule has 1 aliphatic rings. The molecule has 168 valence electrons. The number of nitrogens with zero attached hydrogens (tertiary/aromatic N) is 1. The lowest BCUT2D eigenvalue weighted by atomic mass is 9.91. The van der Waals surface area contributed by atoms with Crippen LogP contribution in [0.4, 0.5) is 0 Å². The molecule has 0 aromatic carbocycles. The second-order valence-corrected chi connectivity index (χ2v) is 8.91. The van der Waals surface area contributed by atoms with Gasteiger partial charge in [-0.25, -0.2) is 0 Å². The Hall–Kier alpha value is -1.16. The van der Waals surface area contributed by atoms with Crippen molar-refractivity contribution in [3.05, 3.63) is 35.0 Å². The van der Waals surface area contributed by atoms with Crippen molar-refractivity contribution in [3.63, 3.8) is 0 Å². The molecule has 0 radical (unpaired) electrons. The Morgan fingerprint density at radius 3 is 2.28 bits per heavy atom. The maximum Gasteiger partial charge on any atom is 0.116 e. The average molecular weight is 423 g/mol. The summed E-state index contributed by atoms with van der Waals surface area (Å²) >= 11 is 1.69. The van der Waals surface area contributed by atoms with Crippen LogP contribution >= 0.6 is 11.8 Å². The fraction of sp³-hybridized carbons (Fsp3) is 0.720. The van der Waals surface area contributed by atoms with Crippen molar-refractivity contribution in [1.82, 2.24) is 10.2 Å². The van der Waals surface area contributed by atoms with Crippen molar-refractivity contribution in [2.45, 2.75) is 117 Å². The van der Waals surface area contributed by atoms with Crippen LogP contribution in [0.2, 0.25) is 0 Å². The zero-order valence-corrected chi connectivity index (χ0v) is 20.6. The largest absolute Gasteiger partial charge is 0.353 e. The number of aldehydes is 1. The molecular formula is C25H46N2OS. The van der Waals surface area contributed by atoms with E-state index in [0.29, 0.717) is 12.1 Å². The standard InChI is InChI=1S/C23H42N2S.C2H4O/c1-7-10-15-22(14-8-2)25(23-16-12-11-13-17-23)20(5)24-21(6)26-18-19(4)9-3;1-2-3/h18,22-24H,5-17H2,1-4H3;2H,1H3/b19-18+;. The van der Waals surface area contributed by atoms with E-state index in [-0.39, 0.29) is 0 Å². The van der Waals surface area contributed by atoms with Crippen LogP contribution in [0.3, 0.4) is 0 Å². The lowest BCUT2D eigenvalue weighted by Gasteiger charge is -2.43. The Bertz CT molecular complexity index is 495. The van der Waals surface area contributed by atoms with Crippen molar-refractivity contribution in [2.75, 3.05) is 0 Å². The topological polar surface area (TPSA) is 32.3 Å². The molecule has 0 saturated heterocycles. The highest BCUT2D eigenvalue weighted by molar-refractivity contribution is 8.05. The van der Waals surface area contributed by atoms with Gasteiger partial charge < -0.3 is 15.0 Å². The molecule has 1 aliphatic carbocycles. The molecule has 0 amide bonds. The molecule has 0 aromatic heterocycles. The molecule has 4 heteroatoms. The van der Waals surface area contributed by atoms with E-state index in [1.165, 1.54) is 76.7 Å². The third kappa shape index (κ3) is 12.2. The minimum absolute atomic E-state index is 0.605. The molecule has 0 aromatic rings. The molecule has 1 unspecified atom stereocenters. The summed E-state index contributed by atoms with van der Waals surface area (Å²) in [5.74, 6) is 1.06. The van der Waals surface area contributed by atoms with E-state index >= 15 is 0 Å². The summed E-state index contributed by atoms with van der Waals surface area (Å²) in [6.07, 6.45) is 14.9. The van der Waals surface area contributed by atoms with Gasteiger partial charge in [0.25, 0.3) is 0 Å². The van der Waals surface area contributed by atoms with Gasteiger partial charge in [0.1, 0.15) is 6.29 Å². The van der Waals surface area contributed by atoms with Crippen molar-refractivity contribution in [1.29, 1.82) is 0 Å². The number of nitrogens with one attached hydrogen (secondary N) is 1. The highest BCUT2D eigenvalue weighted by Crippen LogP contribution is 2.30. The third-order valence-corrected chi connectivity index (χ3v) is 6.34. The lowest BCUT2D eigenvalue weighted by Crippen LogP contribution is -2.46. The minimum atomic E-state index is 0.605. The molecule has 3 nitrogen and oxygen atoms in total. The second kappa shape index (κ2) is 17.7. The Labute approximate surface area is 185 Å². The van der Waals surface area contributed by atoms with Gasteiger partial charge in [0, 0.05) is 12.1 Å². The van der Waals surface area contributed by atoms with Crippen LogP contribution in [0, 0.1) is 0 Å². The Morgan fingerprint density at radius 1 is 1.14 bits per heavy atom. The Balaban J connectivity index is 0.00000245. The maximum absolute atomic E-state index is 8.81. The first-order valence-electron chi connectivity index (χ1n) is 11.6. The van der Waals surface area contributed by atoms with E-state index in [4.69, 9.17) is 4.79 Å². The van der Waals surface area contributed by atoms with Crippen LogP contribution in [0.5, 0.6) is 0 Å². The highest BCUT2D eigenvalue weighted by Gasteiger charge is 2.28. The number of allylic oxidation sites excluding steroid dienone is 1. The summed E-state index contributed by atoms with van der Waals surface area (Å²) in [7, 11) is 0.